The van der Waals surface area contributed by atoms with Gasteiger partial charge in [-0.1, -0.05) is 68.4 Å². The summed E-state index contributed by atoms with van der Waals surface area (Å²) < 4.78 is 78.6. The van der Waals surface area contributed by atoms with Crippen LogP contribution in [0.3, 0.4) is 0 Å². The van der Waals surface area contributed by atoms with Gasteiger partial charge in [-0.15, -0.1) is 0 Å². The molecule has 10 heteroatoms. The molecular formula is C55H60O7S3. The molecule has 12 rings (SSSR count). The number of ether oxygens (including phenoxy) is 1. The molecular weight excluding hydrogens is 869 g/mol. The average molecular weight is 929 g/mol. The number of rotatable bonds is 9. The fraction of sp³-hybridized carbons (Fsp3) is 0.455. The van der Waals surface area contributed by atoms with Gasteiger partial charge in [0.15, 0.2) is 16.4 Å². The van der Waals surface area contributed by atoms with Crippen molar-refractivity contribution in [3.63, 3.8) is 0 Å². The van der Waals surface area contributed by atoms with Crippen LogP contribution in [0.4, 0.5) is 0 Å². The summed E-state index contributed by atoms with van der Waals surface area (Å²) in [6, 6.07) is 34.8. The highest BCUT2D eigenvalue weighted by Crippen LogP contribution is 2.63. The van der Waals surface area contributed by atoms with Gasteiger partial charge in [0, 0.05) is 0 Å². The van der Waals surface area contributed by atoms with E-state index < -0.39 is 20.2 Å². The van der Waals surface area contributed by atoms with Crippen molar-refractivity contribution in [2.75, 3.05) is 0 Å². The van der Waals surface area contributed by atoms with Gasteiger partial charge in [0.05, 0.1) is 4.90 Å². The van der Waals surface area contributed by atoms with Crippen molar-refractivity contribution in [3.05, 3.63) is 131 Å². The third-order valence-electron chi connectivity index (χ3n) is 17.1. The molecule has 1 aliphatic heterocycles. The predicted molar refractivity (Wildman–Crippen MR) is 254 cm³/mol. The normalized spacial score (nSPS) is 28.5. The van der Waals surface area contributed by atoms with Gasteiger partial charge in [-0.2, -0.15) is 8.42 Å². The molecule has 6 fully saturated rings. The van der Waals surface area contributed by atoms with Crippen LogP contribution in [0.5, 0.6) is 17.2 Å². The quantitative estimate of drug-likeness (QED) is 0.0807. The van der Waals surface area contributed by atoms with Crippen molar-refractivity contribution in [2.24, 2.45) is 17.8 Å². The fourth-order valence-corrected chi connectivity index (χ4v) is 18.5. The number of aryl methyl sites for hydroxylation is 1. The lowest BCUT2D eigenvalue weighted by Crippen LogP contribution is -2.32. The highest BCUT2D eigenvalue weighted by atomic mass is 32.2. The highest BCUT2D eigenvalue weighted by Gasteiger charge is 2.55. The molecule has 65 heavy (non-hydrogen) atoms. The fourth-order valence-electron chi connectivity index (χ4n) is 13.8. The van der Waals surface area contributed by atoms with Crippen molar-refractivity contribution in [1.82, 2.24) is 0 Å². The molecule has 5 aromatic carbocycles. The van der Waals surface area contributed by atoms with Crippen LogP contribution in [-0.2, 0) is 47.4 Å². The summed E-state index contributed by atoms with van der Waals surface area (Å²) in [7, 11) is -9.12. The Morgan fingerprint density at radius 1 is 0.631 bits per heavy atom. The molecule has 0 N–H and O–H groups in total. The molecule has 7 nitrogen and oxygen atoms in total. The SMILES string of the molecule is Cc1cc(S(=O)(=O)[O-])c(C(C)C)cc1OS(=O)(=O)c1c(C23CCC(CC2)C3)cc(C23CCC(CC2)C3)cc1C12CCC(CC1)C2.c1ccc([S+]2c3ccccc3Oc3ccccc32)cc1. The monoisotopic (exact) mass is 928 g/mol. The van der Waals surface area contributed by atoms with Crippen LogP contribution in [0.2, 0.25) is 0 Å². The third kappa shape index (κ3) is 7.48. The van der Waals surface area contributed by atoms with E-state index in [0.717, 1.165) is 92.8 Å². The molecule has 7 aliphatic rings. The van der Waals surface area contributed by atoms with E-state index >= 15 is 8.42 Å². The van der Waals surface area contributed by atoms with Gasteiger partial charge in [0.25, 0.3) is 0 Å². The molecule has 0 aromatic heterocycles. The smallest absolute Gasteiger partial charge is 0.339 e. The molecule has 0 unspecified atom stereocenters. The zero-order valence-electron chi connectivity index (χ0n) is 37.8. The first-order chi connectivity index (χ1) is 31.2. The molecule has 1 heterocycles. The largest absolute Gasteiger partial charge is 0.744 e. The summed E-state index contributed by atoms with van der Waals surface area (Å²) in [5.41, 5.74) is 3.94. The van der Waals surface area contributed by atoms with Gasteiger partial charge in [-0.25, -0.2) is 8.42 Å². The predicted octanol–water partition coefficient (Wildman–Crippen LogP) is 13.2. The van der Waals surface area contributed by atoms with E-state index in [9.17, 15) is 13.0 Å². The van der Waals surface area contributed by atoms with Crippen molar-refractivity contribution < 1.29 is 30.3 Å². The maximum absolute atomic E-state index is 15.0. The molecule has 0 radical (unpaired) electrons. The van der Waals surface area contributed by atoms with Crippen LogP contribution >= 0.6 is 0 Å². The molecule has 5 aromatic rings. The Hall–Kier alpha value is -4.09. The van der Waals surface area contributed by atoms with Gasteiger partial charge in [-0.3, -0.25) is 0 Å². The first-order valence-electron chi connectivity index (χ1n) is 24.1. The van der Waals surface area contributed by atoms with E-state index in [4.69, 9.17) is 8.92 Å². The van der Waals surface area contributed by atoms with Crippen LogP contribution in [0, 0.1) is 24.7 Å². The number of para-hydroxylation sites is 2. The van der Waals surface area contributed by atoms with Crippen LogP contribution in [0.1, 0.15) is 144 Å². The molecule has 0 amide bonds. The third-order valence-corrected chi connectivity index (χ3v) is 21.6. The Labute approximate surface area is 389 Å². The second-order valence-electron chi connectivity index (χ2n) is 21.1. The van der Waals surface area contributed by atoms with Crippen LogP contribution in [0.25, 0.3) is 0 Å². The second kappa shape index (κ2) is 16.0. The minimum atomic E-state index is -4.74. The second-order valence-corrected chi connectivity index (χ2v) is 25.9. The molecule has 6 bridgehead atoms. The first-order valence-corrected chi connectivity index (χ1v) is 28.1. The first kappa shape index (κ1) is 43.5. The minimum absolute atomic E-state index is 0.0829. The van der Waals surface area contributed by atoms with Crippen LogP contribution < -0.4 is 8.92 Å². The summed E-state index contributed by atoms with van der Waals surface area (Å²) in [5.74, 6) is 3.86. The summed E-state index contributed by atoms with van der Waals surface area (Å²) in [6.45, 7) is 5.22. The Kier molecular flexibility index (Phi) is 10.7. The lowest BCUT2D eigenvalue weighted by Gasteiger charge is -2.38. The van der Waals surface area contributed by atoms with Gasteiger partial charge in [0.2, 0.25) is 9.79 Å². The van der Waals surface area contributed by atoms with Crippen LogP contribution in [0.15, 0.2) is 128 Å². The van der Waals surface area contributed by atoms with E-state index in [0.29, 0.717) is 22.3 Å². The Balaban J connectivity index is 0.000000194. The number of hydrogen-bond donors (Lipinski definition) is 0. The zero-order valence-corrected chi connectivity index (χ0v) is 40.3. The molecule has 6 aliphatic carbocycles. The maximum Gasteiger partial charge on any atom is 0.339 e. The van der Waals surface area contributed by atoms with Crippen molar-refractivity contribution in [3.8, 4) is 17.2 Å². The standard InChI is InChI=1S/C37H48O6S2.C18H13OS/c1-23(2)29-19-32(24(3)16-33(29)44(38,39)40)43-45(41,42)34-30(36-12-6-26(21-36)7-13-36)17-28(35-10-4-25(20-35)5-11-35)18-31(34)37-14-8-27(22-37)9-15-37;1-2-8-14(9-3-1)20-17-12-6-4-10-15(17)19-16-11-5-7-13-18(16)20/h16-19,23,25-27H,4-15,20-22H2,1-3H3,(H,38,39,40);1-13H/q;+1/p-1. The van der Waals surface area contributed by atoms with Crippen molar-refractivity contribution >= 4 is 31.1 Å². The van der Waals surface area contributed by atoms with E-state index in [-0.39, 0.29) is 49.3 Å². The highest BCUT2D eigenvalue weighted by molar-refractivity contribution is 7.97. The number of hydrogen-bond acceptors (Lipinski definition) is 7. The Morgan fingerprint density at radius 2 is 1.09 bits per heavy atom. The molecule has 340 valence electrons. The Morgan fingerprint density at radius 3 is 1.54 bits per heavy atom. The number of benzene rings is 5. The van der Waals surface area contributed by atoms with Crippen molar-refractivity contribution in [1.29, 1.82) is 0 Å². The van der Waals surface area contributed by atoms with E-state index in [1.807, 2.05) is 24.3 Å². The molecule has 0 spiro atoms. The topological polar surface area (TPSA) is 110 Å². The van der Waals surface area contributed by atoms with Gasteiger partial charge < -0.3 is 13.5 Å². The summed E-state index contributed by atoms with van der Waals surface area (Å²) in [5, 5.41) is 0. The zero-order chi connectivity index (χ0) is 44.9. The summed E-state index contributed by atoms with van der Waals surface area (Å²) in [6.07, 6.45) is 17.0. The van der Waals surface area contributed by atoms with Gasteiger partial charge >= 0.3 is 10.1 Å². The number of fused-ring (bicyclic) bond motifs is 8. The van der Waals surface area contributed by atoms with Crippen molar-refractivity contribution in [2.45, 2.75) is 164 Å². The Bertz CT molecular complexity index is 2780. The summed E-state index contributed by atoms with van der Waals surface area (Å²) >= 11 is 0. The maximum atomic E-state index is 15.0. The minimum Gasteiger partial charge on any atom is -0.744 e. The molecule has 6 saturated carbocycles. The van der Waals surface area contributed by atoms with E-state index in [2.05, 4.69) is 66.7 Å². The summed E-state index contributed by atoms with van der Waals surface area (Å²) in [4.78, 5) is 3.97. The lowest BCUT2D eigenvalue weighted by molar-refractivity contribution is 0.380. The molecule has 0 atom stereocenters. The van der Waals surface area contributed by atoms with Gasteiger partial charge in [0.1, 0.15) is 31.7 Å². The van der Waals surface area contributed by atoms with E-state index in [1.165, 1.54) is 64.5 Å². The average Bonchev–Trinajstić information content (AvgIpc) is 4.19. The lowest BCUT2D eigenvalue weighted by atomic mass is 9.68. The van der Waals surface area contributed by atoms with E-state index in [1.54, 1.807) is 20.8 Å². The van der Waals surface area contributed by atoms with Gasteiger partial charge in [-0.05, 0) is 220 Å². The van der Waals surface area contributed by atoms with Crippen LogP contribution in [-0.4, -0.2) is 21.4 Å². The molecule has 0 saturated heterocycles.